The van der Waals surface area contributed by atoms with Gasteiger partial charge in [0, 0.05) is 32.7 Å². The molecule has 0 aliphatic carbocycles. The smallest absolute Gasteiger partial charge is 0.143 e. The Balaban J connectivity index is 1.44. The molecule has 0 spiro atoms. The van der Waals surface area contributed by atoms with Gasteiger partial charge in [0.1, 0.15) is 22.3 Å². The molecule has 0 atom stereocenters. The Labute approximate surface area is 254 Å². The normalized spacial score (nSPS) is 11.6. The van der Waals surface area contributed by atoms with Crippen molar-refractivity contribution in [3.63, 3.8) is 0 Å². The maximum Gasteiger partial charge on any atom is 0.143 e. The predicted molar refractivity (Wildman–Crippen MR) is 183 cm³/mol. The van der Waals surface area contributed by atoms with Gasteiger partial charge in [-0.15, -0.1) is 0 Å². The van der Waals surface area contributed by atoms with Crippen LogP contribution < -0.4 is 0 Å². The number of hydrogen-bond acceptors (Lipinski definition) is 2. The largest absolute Gasteiger partial charge is 0.455 e. The van der Waals surface area contributed by atoms with Crippen molar-refractivity contribution >= 4 is 43.9 Å². The molecule has 0 N–H and O–H groups in total. The second kappa shape index (κ2) is 9.86. The molecule has 0 unspecified atom stereocenters. The molecule has 9 rings (SSSR count). The van der Waals surface area contributed by atoms with Crippen LogP contribution in [0, 0.1) is 0 Å². The predicted octanol–water partition coefficient (Wildman–Crippen LogP) is 12.2. The first-order valence-electron chi connectivity index (χ1n) is 14.9. The fourth-order valence-electron chi connectivity index (χ4n) is 6.60. The van der Waals surface area contributed by atoms with Crippen LogP contribution in [0.5, 0.6) is 0 Å². The zero-order chi connectivity index (χ0) is 29.0. The highest BCUT2D eigenvalue weighted by atomic mass is 16.3. The van der Waals surface area contributed by atoms with E-state index in [4.69, 9.17) is 8.83 Å². The molecule has 206 valence electrons. The fraction of sp³-hybridized carbons (Fsp3) is 0. The van der Waals surface area contributed by atoms with E-state index in [1.165, 1.54) is 11.1 Å². The first-order chi connectivity index (χ1) is 21.8. The molecule has 9 aromatic rings. The summed E-state index contributed by atoms with van der Waals surface area (Å²) in [6.45, 7) is 0. The van der Waals surface area contributed by atoms with E-state index in [1.807, 2.05) is 0 Å². The van der Waals surface area contributed by atoms with Gasteiger partial charge < -0.3 is 8.83 Å². The summed E-state index contributed by atoms with van der Waals surface area (Å²) in [5, 5.41) is 4.32. The molecule has 0 saturated carbocycles. The number of rotatable bonds is 4. The lowest BCUT2D eigenvalue weighted by atomic mass is 9.93. The summed E-state index contributed by atoms with van der Waals surface area (Å²) in [6.07, 6.45) is 0. The summed E-state index contributed by atoms with van der Waals surface area (Å²) in [5.74, 6) is 0. The first kappa shape index (κ1) is 24.7. The van der Waals surface area contributed by atoms with Gasteiger partial charge in [-0.2, -0.15) is 0 Å². The second-order valence-electron chi connectivity index (χ2n) is 11.3. The third kappa shape index (κ3) is 3.89. The number of benzene rings is 7. The Morgan fingerprint density at radius 2 is 0.636 bits per heavy atom. The van der Waals surface area contributed by atoms with Crippen molar-refractivity contribution in [3.8, 4) is 44.5 Å². The van der Waals surface area contributed by atoms with Crippen LogP contribution in [-0.4, -0.2) is 0 Å². The lowest BCUT2D eigenvalue weighted by molar-refractivity contribution is 0.664. The summed E-state index contributed by atoms with van der Waals surface area (Å²) in [6, 6.07) is 55.3. The van der Waals surface area contributed by atoms with Crippen LogP contribution in [-0.2, 0) is 0 Å². The van der Waals surface area contributed by atoms with Crippen molar-refractivity contribution in [2.75, 3.05) is 0 Å². The van der Waals surface area contributed by atoms with Crippen LogP contribution in [0.25, 0.3) is 88.4 Å². The molecule has 0 radical (unpaired) electrons. The van der Waals surface area contributed by atoms with Gasteiger partial charge in [-0.25, -0.2) is 0 Å². The Bertz CT molecular complexity index is 2280. The molecule has 0 aliphatic rings. The summed E-state index contributed by atoms with van der Waals surface area (Å²) >= 11 is 0. The molecule has 0 aliphatic heterocycles. The maximum atomic E-state index is 6.74. The zero-order valence-electron chi connectivity index (χ0n) is 23.8. The van der Waals surface area contributed by atoms with Gasteiger partial charge in [0.05, 0.1) is 0 Å². The van der Waals surface area contributed by atoms with Crippen molar-refractivity contribution < 1.29 is 8.83 Å². The van der Waals surface area contributed by atoms with Crippen LogP contribution in [0.4, 0.5) is 0 Å². The van der Waals surface area contributed by atoms with Gasteiger partial charge in [-0.1, -0.05) is 121 Å². The highest BCUT2D eigenvalue weighted by Crippen LogP contribution is 2.46. The highest BCUT2D eigenvalue weighted by molar-refractivity contribution is 6.28. The minimum Gasteiger partial charge on any atom is -0.455 e. The maximum absolute atomic E-state index is 6.74. The van der Waals surface area contributed by atoms with Gasteiger partial charge >= 0.3 is 0 Å². The van der Waals surface area contributed by atoms with Crippen LogP contribution in [0.2, 0.25) is 0 Å². The average Bonchev–Trinajstić information content (AvgIpc) is 3.67. The third-order valence-electron chi connectivity index (χ3n) is 8.65. The third-order valence-corrected chi connectivity index (χ3v) is 8.65. The van der Waals surface area contributed by atoms with Crippen LogP contribution in [0.3, 0.4) is 0 Å². The molecular formula is C42H26O2. The summed E-state index contributed by atoms with van der Waals surface area (Å²) < 4.78 is 13.5. The van der Waals surface area contributed by atoms with Crippen molar-refractivity contribution in [1.29, 1.82) is 0 Å². The van der Waals surface area contributed by atoms with Gasteiger partial charge in [0.15, 0.2) is 0 Å². The molecule has 2 heterocycles. The van der Waals surface area contributed by atoms with Crippen LogP contribution in [0.1, 0.15) is 0 Å². The van der Waals surface area contributed by atoms with Gasteiger partial charge in [0.25, 0.3) is 0 Å². The molecule has 0 fully saturated rings. The lowest BCUT2D eigenvalue weighted by Crippen LogP contribution is -1.84. The van der Waals surface area contributed by atoms with E-state index in [2.05, 4.69) is 158 Å². The second-order valence-corrected chi connectivity index (χ2v) is 11.3. The summed E-state index contributed by atoms with van der Waals surface area (Å²) in [4.78, 5) is 0. The number of furan rings is 2. The van der Waals surface area contributed by atoms with Crippen LogP contribution in [0.15, 0.2) is 167 Å². The van der Waals surface area contributed by atoms with Crippen LogP contribution >= 0.6 is 0 Å². The van der Waals surface area contributed by atoms with E-state index < -0.39 is 0 Å². The Morgan fingerprint density at radius 1 is 0.295 bits per heavy atom. The minimum absolute atomic E-state index is 0.851. The zero-order valence-corrected chi connectivity index (χ0v) is 23.8. The van der Waals surface area contributed by atoms with Crippen molar-refractivity contribution in [1.82, 2.24) is 0 Å². The monoisotopic (exact) mass is 562 g/mol. The quantitative estimate of drug-likeness (QED) is 0.213. The Morgan fingerprint density at radius 3 is 1.00 bits per heavy atom. The number of fused-ring (bicyclic) bond motifs is 7. The highest BCUT2D eigenvalue weighted by Gasteiger charge is 2.22. The van der Waals surface area contributed by atoms with E-state index in [9.17, 15) is 0 Å². The van der Waals surface area contributed by atoms with E-state index in [0.717, 1.165) is 77.3 Å². The molecule has 0 bridgehead atoms. The number of hydrogen-bond donors (Lipinski definition) is 0. The minimum atomic E-state index is 0.851. The van der Waals surface area contributed by atoms with Gasteiger partial charge in [0.2, 0.25) is 0 Å². The first-order valence-corrected chi connectivity index (χ1v) is 14.9. The van der Waals surface area contributed by atoms with Crippen molar-refractivity contribution in [2.45, 2.75) is 0 Å². The molecule has 44 heavy (non-hydrogen) atoms. The van der Waals surface area contributed by atoms with Gasteiger partial charge in [-0.05, 0) is 69.8 Å². The molecular weight excluding hydrogens is 536 g/mol. The topological polar surface area (TPSA) is 26.3 Å². The van der Waals surface area contributed by atoms with E-state index in [0.29, 0.717) is 0 Å². The van der Waals surface area contributed by atoms with Crippen molar-refractivity contribution in [2.24, 2.45) is 0 Å². The molecule has 2 heteroatoms. The molecule has 2 nitrogen and oxygen atoms in total. The fourth-order valence-corrected chi connectivity index (χ4v) is 6.60. The molecule has 2 aromatic heterocycles. The van der Waals surface area contributed by atoms with E-state index in [1.54, 1.807) is 0 Å². The average molecular weight is 563 g/mol. The van der Waals surface area contributed by atoms with E-state index in [-0.39, 0.29) is 0 Å². The molecule has 0 saturated heterocycles. The molecule has 0 amide bonds. The molecule has 7 aromatic carbocycles. The standard InChI is InChI=1S/C42H26O2/c1-5-13-27(14-6-1)31-23-33(29-17-9-3-10-18-29)41-35(25-31)39-37(43-41)21-22-38-40(39)36-26-32(28-15-7-2-8-16-28)24-34(42(36)44-38)30-19-11-4-12-20-30/h1-26H. The SMILES string of the molecule is c1ccc(-c2cc(-c3ccccc3)c3oc4ccc5oc6c(-c7ccccc7)cc(-c7ccccc7)cc6c5c4c3c2)cc1. The van der Waals surface area contributed by atoms with E-state index >= 15 is 0 Å². The van der Waals surface area contributed by atoms with Crippen molar-refractivity contribution in [3.05, 3.63) is 158 Å². The lowest BCUT2D eigenvalue weighted by Gasteiger charge is -2.09. The Hall–Kier alpha value is -5.86. The summed E-state index contributed by atoms with van der Waals surface area (Å²) in [5.41, 5.74) is 12.5. The van der Waals surface area contributed by atoms with Gasteiger partial charge in [-0.3, -0.25) is 0 Å². The summed E-state index contributed by atoms with van der Waals surface area (Å²) in [7, 11) is 0. The Kier molecular flexibility index (Phi) is 5.54.